The first-order chi connectivity index (χ1) is 15.3. The fraction of sp³-hybridized carbons (Fsp3) is 0.370. The molecular formula is C27H28FNO3. The number of aliphatic imine (C=N–C) groups is 1. The van der Waals surface area contributed by atoms with Gasteiger partial charge in [-0.2, -0.15) is 0 Å². The highest BCUT2D eigenvalue weighted by Crippen LogP contribution is 2.46. The van der Waals surface area contributed by atoms with Crippen molar-refractivity contribution in [2.24, 2.45) is 16.8 Å². The van der Waals surface area contributed by atoms with E-state index in [0.717, 1.165) is 16.8 Å². The van der Waals surface area contributed by atoms with Crippen molar-refractivity contribution < 1.29 is 18.7 Å². The van der Waals surface area contributed by atoms with E-state index in [9.17, 15) is 14.0 Å². The third kappa shape index (κ3) is 4.43. The fourth-order valence-electron chi connectivity index (χ4n) is 4.69. The van der Waals surface area contributed by atoms with E-state index in [2.05, 4.69) is 0 Å². The van der Waals surface area contributed by atoms with Gasteiger partial charge in [-0.1, -0.05) is 56.3 Å². The number of rotatable bonds is 5. The summed E-state index contributed by atoms with van der Waals surface area (Å²) in [6.45, 7) is 6.07. The molecule has 0 fully saturated rings. The second-order valence-corrected chi connectivity index (χ2v) is 9.08. The molecule has 1 aliphatic carbocycles. The SMILES string of the molecule is CC1=NC2=C(C(=O)C[C@H](c3ccccc3)C2)[C@@H](c2ccc(F)cc2)C1C(=O)OCC(C)C. The zero-order valence-corrected chi connectivity index (χ0v) is 18.7. The number of carbonyl (C=O) groups excluding carboxylic acids is 2. The summed E-state index contributed by atoms with van der Waals surface area (Å²) in [6, 6.07) is 16.0. The topological polar surface area (TPSA) is 55.7 Å². The summed E-state index contributed by atoms with van der Waals surface area (Å²) in [4.78, 5) is 31.3. The summed E-state index contributed by atoms with van der Waals surface area (Å²) < 4.78 is 19.2. The zero-order chi connectivity index (χ0) is 22.8. The van der Waals surface area contributed by atoms with Crippen LogP contribution in [0.25, 0.3) is 0 Å². The number of allylic oxidation sites excluding steroid dienone is 2. The Balaban J connectivity index is 1.76. The van der Waals surface area contributed by atoms with Crippen LogP contribution in [0.1, 0.15) is 56.6 Å². The Kier molecular flexibility index (Phi) is 6.35. The standard InChI is InChI=1S/C27H28FNO3/c1-16(2)15-32-27(31)24-17(3)29-22-13-20(18-7-5-4-6-8-18)14-23(30)26(22)25(24)19-9-11-21(28)12-10-19/h4-12,16,20,24-25H,13-15H2,1-3H3/t20-,24?,25+/m1/s1. The van der Waals surface area contributed by atoms with Gasteiger partial charge in [-0.15, -0.1) is 0 Å². The fourth-order valence-corrected chi connectivity index (χ4v) is 4.69. The maximum Gasteiger partial charge on any atom is 0.315 e. The van der Waals surface area contributed by atoms with Crippen LogP contribution in [0.2, 0.25) is 0 Å². The molecule has 4 nitrogen and oxygen atoms in total. The minimum absolute atomic E-state index is 0.00709. The predicted molar refractivity (Wildman–Crippen MR) is 122 cm³/mol. The van der Waals surface area contributed by atoms with Crippen LogP contribution in [-0.4, -0.2) is 24.1 Å². The van der Waals surface area contributed by atoms with E-state index in [0.29, 0.717) is 30.7 Å². The maximum absolute atomic E-state index is 13.7. The Labute approximate surface area is 188 Å². The van der Waals surface area contributed by atoms with Gasteiger partial charge >= 0.3 is 5.97 Å². The van der Waals surface area contributed by atoms with Crippen LogP contribution in [0.3, 0.4) is 0 Å². The van der Waals surface area contributed by atoms with Gasteiger partial charge < -0.3 is 4.74 Å². The summed E-state index contributed by atoms with van der Waals surface area (Å²) in [5.41, 5.74) is 3.77. The molecule has 0 radical (unpaired) electrons. The Bertz CT molecular complexity index is 1070. The van der Waals surface area contributed by atoms with E-state index in [-0.39, 0.29) is 29.4 Å². The number of ether oxygens (including phenoxy) is 1. The number of Topliss-reactive ketones (excluding diaryl/α,β-unsaturated/α-hetero) is 1. The van der Waals surface area contributed by atoms with Crippen molar-refractivity contribution in [2.75, 3.05) is 6.61 Å². The van der Waals surface area contributed by atoms with Crippen molar-refractivity contribution in [3.05, 3.63) is 82.8 Å². The van der Waals surface area contributed by atoms with Crippen molar-refractivity contribution in [3.8, 4) is 0 Å². The van der Waals surface area contributed by atoms with Crippen LogP contribution >= 0.6 is 0 Å². The van der Waals surface area contributed by atoms with E-state index >= 15 is 0 Å². The quantitative estimate of drug-likeness (QED) is 0.577. The molecule has 0 N–H and O–H groups in total. The lowest BCUT2D eigenvalue weighted by Gasteiger charge is -2.36. The molecule has 3 atom stereocenters. The second-order valence-electron chi connectivity index (χ2n) is 9.08. The van der Waals surface area contributed by atoms with E-state index < -0.39 is 11.8 Å². The summed E-state index contributed by atoms with van der Waals surface area (Å²) in [6.07, 6.45) is 0.997. The van der Waals surface area contributed by atoms with Crippen molar-refractivity contribution in [2.45, 2.75) is 45.4 Å². The number of halogens is 1. The largest absolute Gasteiger partial charge is 0.465 e. The van der Waals surface area contributed by atoms with E-state index in [1.54, 1.807) is 12.1 Å². The molecule has 1 aliphatic heterocycles. The molecule has 0 saturated heterocycles. The summed E-state index contributed by atoms with van der Waals surface area (Å²) in [7, 11) is 0. The molecule has 0 amide bonds. The highest BCUT2D eigenvalue weighted by molar-refractivity contribution is 6.09. The van der Waals surface area contributed by atoms with Gasteiger partial charge in [0.1, 0.15) is 11.7 Å². The molecule has 5 heteroatoms. The van der Waals surface area contributed by atoms with Crippen molar-refractivity contribution >= 4 is 17.5 Å². The molecule has 1 unspecified atom stereocenters. The van der Waals surface area contributed by atoms with Gasteiger partial charge in [0.2, 0.25) is 0 Å². The monoisotopic (exact) mass is 433 g/mol. The maximum atomic E-state index is 13.7. The normalized spacial score (nSPS) is 23.1. The molecule has 32 heavy (non-hydrogen) atoms. The number of hydrogen-bond acceptors (Lipinski definition) is 4. The van der Waals surface area contributed by atoms with Crippen LogP contribution < -0.4 is 0 Å². The molecule has 1 heterocycles. The number of nitrogens with zero attached hydrogens (tertiary/aromatic N) is 1. The minimum atomic E-state index is -0.699. The average molecular weight is 434 g/mol. The van der Waals surface area contributed by atoms with Gasteiger partial charge in [0.05, 0.1) is 6.61 Å². The molecule has 0 bridgehead atoms. The van der Waals surface area contributed by atoms with Crippen LogP contribution in [0.5, 0.6) is 0 Å². The predicted octanol–water partition coefficient (Wildman–Crippen LogP) is 5.60. The first-order valence-corrected chi connectivity index (χ1v) is 11.1. The Morgan fingerprint density at radius 3 is 2.41 bits per heavy atom. The molecule has 2 aromatic rings. The number of hydrogen-bond donors (Lipinski definition) is 0. The van der Waals surface area contributed by atoms with Crippen molar-refractivity contribution in [3.63, 3.8) is 0 Å². The lowest BCUT2D eigenvalue weighted by atomic mass is 9.69. The first kappa shape index (κ1) is 22.1. The molecule has 2 aromatic carbocycles. The van der Waals surface area contributed by atoms with E-state index in [4.69, 9.17) is 9.73 Å². The molecule has 166 valence electrons. The summed E-state index contributed by atoms with van der Waals surface area (Å²) >= 11 is 0. The molecule has 2 aliphatic rings. The van der Waals surface area contributed by atoms with Crippen LogP contribution in [-0.2, 0) is 14.3 Å². The highest BCUT2D eigenvalue weighted by atomic mass is 19.1. The molecule has 4 rings (SSSR count). The molecule has 0 spiro atoms. The molecule has 0 aromatic heterocycles. The number of esters is 1. The highest BCUT2D eigenvalue weighted by Gasteiger charge is 2.44. The van der Waals surface area contributed by atoms with Crippen molar-refractivity contribution in [1.29, 1.82) is 0 Å². The third-order valence-electron chi connectivity index (χ3n) is 6.20. The third-order valence-corrected chi connectivity index (χ3v) is 6.20. The summed E-state index contributed by atoms with van der Waals surface area (Å²) in [5, 5.41) is 0. The average Bonchev–Trinajstić information content (AvgIpc) is 2.77. The van der Waals surface area contributed by atoms with Gasteiger partial charge in [-0.3, -0.25) is 14.6 Å². The summed E-state index contributed by atoms with van der Waals surface area (Å²) in [5.74, 6) is -1.73. The zero-order valence-electron chi connectivity index (χ0n) is 18.7. The Morgan fingerprint density at radius 2 is 1.75 bits per heavy atom. The van der Waals surface area contributed by atoms with Gasteiger partial charge in [0, 0.05) is 29.3 Å². The van der Waals surface area contributed by atoms with Gasteiger partial charge in [-0.05, 0) is 48.4 Å². The minimum Gasteiger partial charge on any atom is -0.465 e. The molecule has 0 saturated carbocycles. The van der Waals surface area contributed by atoms with E-state index in [1.807, 2.05) is 51.1 Å². The Hall–Kier alpha value is -3.08. The van der Waals surface area contributed by atoms with Crippen LogP contribution in [0.15, 0.2) is 70.9 Å². The van der Waals surface area contributed by atoms with Crippen LogP contribution in [0.4, 0.5) is 4.39 Å². The Morgan fingerprint density at radius 1 is 1.06 bits per heavy atom. The lowest BCUT2D eigenvalue weighted by molar-refractivity contribution is -0.147. The smallest absolute Gasteiger partial charge is 0.315 e. The van der Waals surface area contributed by atoms with Crippen LogP contribution in [0, 0.1) is 17.7 Å². The lowest BCUT2D eigenvalue weighted by Crippen LogP contribution is -2.38. The number of ketones is 1. The van der Waals surface area contributed by atoms with Crippen molar-refractivity contribution in [1.82, 2.24) is 0 Å². The van der Waals surface area contributed by atoms with E-state index in [1.165, 1.54) is 12.1 Å². The first-order valence-electron chi connectivity index (χ1n) is 11.1. The molecular weight excluding hydrogens is 405 g/mol. The number of benzene rings is 2. The van der Waals surface area contributed by atoms with Gasteiger partial charge in [0.15, 0.2) is 5.78 Å². The second kappa shape index (κ2) is 9.19. The number of carbonyl (C=O) groups is 2. The van der Waals surface area contributed by atoms with Gasteiger partial charge in [0.25, 0.3) is 0 Å². The van der Waals surface area contributed by atoms with Gasteiger partial charge in [-0.25, -0.2) is 4.39 Å².